The summed E-state index contributed by atoms with van der Waals surface area (Å²) in [7, 11) is 1.39. The van der Waals surface area contributed by atoms with Crippen LogP contribution in [0, 0.1) is 11.3 Å². The number of rotatable bonds is 3. The van der Waals surface area contributed by atoms with Crippen molar-refractivity contribution in [1.82, 2.24) is 4.90 Å². The van der Waals surface area contributed by atoms with Crippen molar-refractivity contribution in [2.75, 3.05) is 7.05 Å². The molecule has 1 amide bonds. The molecule has 0 bridgehead atoms. The first kappa shape index (κ1) is 13.0. The third-order valence-electron chi connectivity index (χ3n) is 2.25. The minimum Gasteiger partial charge on any atom is -0.328 e. The molecule has 17 heavy (non-hydrogen) atoms. The van der Waals surface area contributed by atoms with Crippen LogP contribution in [-0.4, -0.2) is 18.4 Å². The van der Waals surface area contributed by atoms with E-state index in [1.807, 2.05) is 6.07 Å². The summed E-state index contributed by atoms with van der Waals surface area (Å²) in [4.78, 5) is 11.6. The van der Waals surface area contributed by atoms with E-state index in [0.29, 0.717) is 12.0 Å². The molecule has 3 nitrogen and oxygen atoms in total. The number of benzene rings is 1. The van der Waals surface area contributed by atoms with Gasteiger partial charge in [-0.2, -0.15) is 18.4 Å². The molecule has 1 unspecified atom stereocenters. The molecule has 1 aromatic carbocycles. The van der Waals surface area contributed by atoms with Crippen molar-refractivity contribution in [3.8, 4) is 6.07 Å². The van der Waals surface area contributed by atoms with Crippen molar-refractivity contribution in [1.29, 1.82) is 5.26 Å². The van der Waals surface area contributed by atoms with Gasteiger partial charge < -0.3 is 4.90 Å². The normalized spacial score (nSPS) is 12.6. The van der Waals surface area contributed by atoms with Gasteiger partial charge in [0.05, 0.1) is 11.6 Å². The number of hydrogen-bond acceptors (Lipinski definition) is 2. The molecule has 6 heteroatoms. The fraction of sp³-hybridized carbons (Fsp3) is 0.273. The number of alkyl halides is 3. The van der Waals surface area contributed by atoms with Gasteiger partial charge in [0.25, 0.3) is 0 Å². The number of halogens is 3. The number of hydrogen-bond donors (Lipinski definition) is 0. The molecule has 1 aromatic rings. The average molecular weight is 242 g/mol. The highest BCUT2D eigenvalue weighted by Gasteiger charge is 2.30. The third kappa shape index (κ3) is 2.97. The zero-order chi connectivity index (χ0) is 13.1. The van der Waals surface area contributed by atoms with Crippen molar-refractivity contribution >= 4 is 6.41 Å². The maximum atomic E-state index is 12.3. The van der Waals surface area contributed by atoms with Crippen molar-refractivity contribution < 1.29 is 18.0 Å². The summed E-state index contributed by atoms with van der Waals surface area (Å²) >= 11 is 0. The molecule has 0 spiro atoms. The molecule has 0 saturated carbocycles. The number of carbonyl (C=O) groups excluding carboxylic acids is 1. The summed E-state index contributed by atoms with van der Waals surface area (Å²) in [6, 6.07) is 5.12. The Labute approximate surface area is 96.1 Å². The van der Waals surface area contributed by atoms with Crippen LogP contribution in [-0.2, 0) is 11.0 Å². The lowest BCUT2D eigenvalue weighted by Crippen LogP contribution is -2.21. The van der Waals surface area contributed by atoms with Gasteiger partial charge in [0.15, 0.2) is 0 Å². The Kier molecular flexibility index (Phi) is 3.73. The Morgan fingerprint density at radius 1 is 1.35 bits per heavy atom. The summed E-state index contributed by atoms with van der Waals surface area (Å²) in [5.74, 6) is 0. The molecule has 0 fully saturated rings. The van der Waals surface area contributed by atoms with Crippen molar-refractivity contribution in [3.05, 3.63) is 35.4 Å². The molecule has 0 saturated heterocycles. The van der Waals surface area contributed by atoms with Gasteiger partial charge in [0.1, 0.15) is 6.04 Å². The third-order valence-corrected chi connectivity index (χ3v) is 2.25. The highest BCUT2D eigenvalue weighted by atomic mass is 19.4. The molecule has 0 N–H and O–H groups in total. The summed E-state index contributed by atoms with van der Waals surface area (Å²) in [6.07, 6.45) is -3.96. The van der Waals surface area contributed by atoms with E-state index in [0.717, 1.165) is 17.0 Å². The van der Waals surface area contributed by atoms with Gasteiger partial charge >= 0.3 is 6.18 Å². The predicted molar refractivity (Wildman–Crippen MR) is 53.6 cm³/mol. The number of nitrogens with zero attached hydrogens (tertiary/aromatic N) is 2. The van der Waals surface area contributed by atoms with Gasteiger partial charge in [0.2, 0.25) is 6.41 Å². The monoisotopic (exact) mass is 242 g/mol. The summed E-state index contributed by atoms with van der Waals surface area (Å²) in [5.41, 5.74) is -0.443. The second-order valence-electron chi connectivity index (χ2n) is 3.42. The van der Waals surface area contributed by atoms with Crippen LogP contribution >= 0.6 is 0 Å². The molecule has 1 atom stereocenters. The Morgan fingerprint density at radius 2 is 1.88 bits per heavy atom. The van der Waals surface area contributed by atoms with Crippen LogP contribution in [0.15, 0.2) is 24.3 Å². The lowest BCUT2D eigenvalue weighted by molar-refractivity contribution is -0.137. The molecule has 0 radical (unpaired) electrons. The fourth-order valence-corrected chi connectivity index (χ4v) is 1.32. The SMILES string of the molecule is CN(C=O)C(C#N)c1ccc(C(F)(F)F)cc1. The number of nitriles is 1. The molecule has 0 aliphatic heterocycles. The van der Waals surface area contributed by atoms with Crippen LogP contribution in [0.4, 0.5) is 13.2 Å². The number of amides is 1. The van der Waals surface area contributed by atoms with E-state index in [9.17, 15) is 18.0 Å². The Bertz CT molecular complexity index is 434. The Morgan fingerprint density at radius 3 is 2.24 bits per heavy atom. The quantitative estimate of drug-likeness (QED) is 0.764. The van der Waals surface area contributed by atoms with Crippen LogP contribution in [0.2, 0.25) is 0 Å². The van der Waals surface area contributed by atoms with Crippen LogP contribution in [0.5, 0.6) is 0 Å². The van der Waals surface area contributed by atoms with E-state index in [-0.39, 0.29) is 0 Å². The van der Waals surface area contributed by atoms with Crippen molar-refractivity contribution in [3.63, 3.8) is 0 Å². The average Bonchev–Trinajstić information content (AvgIpc) is 2.29. The largest absolute Gasteiger partial charge is 0.416 e. The summed E-state index contributed by atoms with van der Waals surface area (Å²) < 4.78 is 36.9. The zero-order valence-electron chi connectivity index (χ0n) is 8.90. The first-order valence-electron chi connectivity index (χ1n) is 4.64. The van der Waals surface area contributed by atoms with Crippen molar-refractivity contribution in [2.24, 2.45) is 0 Å². The molecule has 90 valence electrons. The fourth-order valence-electron chi connectivity index (χ4n) is 1.32. The van der Waals surface area contributed by atoms with E-state index < -0.39 is 17.8 Å². The van der Waals surface area contributed by atoms with Gasteiger partial charge in [0, 0.05) is 7.05 Å². The highest BCUT2D eigenvalue weighted by molar-refractivity contribution is 5.49. The smallest absolute Gasteiger partial charge is 0.328 e. The van der Waals surface area contributed by atoms with Crippen molar-refractivity contribution in [2.45, 2.75) is 12.2 Å². The lowest BCUT2D eigenvalue weighted by atomic mass is 10.0. The minimum atomic E-state index is -4.41. The molecule has 0 heterocycles. The molecule has 0 aliphatic rings. The van der Waals surface area contributed by atoms with E-state index in [1.54, 1.807) is 0 Å². The topological polar surface area (TPSA) is 44.1 Å². The second kappa shape index (κ2) is 4.87. The van der Waals surface area contributed by atoms with Gasteiger partial charge in [-0.3, -0.25) is 4.79 Å². The first-order chi connectivity index (χ1) is 7.90. The Hall–Kier alpha value is -2.03. The van der Waals surface area contributed by atoms with Gasteiger partial charge in [-0.25, -0.2) is 0 Å². The summed E-state index contributed by atoms with van der Waals surface area (Å²) in [5, 5.41) is 8.84. The predicted octanol–water partition coefficient (Wildman–Crippen LogP) is 2.36. The maximum Gasteiger partial charge on any atom is 0.416 e. The molecular formula is C11H9F3N2O. The first-order valence-corrected chi connectivity index (χ1v) is 4.64. The minimum absolute atomic E-state index is 0.343. The van der Waals surface area contributed by atoms with E-state index in [4.69, 9.17) is 5.26 Å². The van der Waals surface area contributed by atoms with Gasteiger partial charge in [-0.1, -0.05) is 12.1 Å². The zero-order valence-corrected chi connectivity index (χ0v) is 8.90. The van der Waals surface area contributed by atoms with E-state index >= 15 is 0 Å². The summed E-state index contributed by atoms with van der Waals surface area (Å²) in [6.45, 7) is 0. The van der Waals surface area contributed by atoms with Crippen LogP contribution in [0.3, 0.4) is 0 Å². The molecule has 0 aromatic heterocycles. The molecule has 0 aliphatic carbocycles. The molecule has 1 rings (SSSR count). The van der Waals surface area contributed by atoms with E-state index in [2.05, 4.69) is 0 Å². The lowest BCUT2D eigenvalue weighted by Gasteiger charge is -2.18. The van der Waals surface area contributed by atoms with Crippen LogP contribution in [0.1, 0.15) is 17.2 Å². The highest BCUT2D eigenvalue weighted by Crippen LogP contribution is 2.30. The second-order valence-corrected chi connectivity index (χ2v) is 3.42. The molecular weight excluding hydrogens is 233 g/mol. The van der Waals surface area contributed by atoms with E-state index in [1.165, 1.54) is 19.2 Å². The number of carbonyl (C=O) groups is 1. The Balaban J connectivity index is 3.02. The van der Waals surface area contributed by atoms with Gasteiger partial charge in [-0.15, -0.1) is 0 Å². The van der Waals surface area contributed by atoms with Crippen LogP contribution < -0.4 is 0 Å². The van der Waals surface area contributed by atoms with Crippen LogP contribution in [0.25, 0.3) is 0 Å². The standard InChI is InChI=1S/C11H9F3N2O/c1-16(7-17)10(6-15)8-2-4-9(5-3-8)11(12,13)14/h2-5,7,10H,1H3. The maximum absolute atomic E-state index is 12.3. The van der Waals surface area contributed by atoms with Gasteiger partial charge in [-0.05, 0) is 17.7 Å².